The molecule has 5 heteroatoms. The van der Waals surface area contributed by atoms with Gasteiger partial charge in [-0.3, -0.25) is 0 Å². The number of carboxylic acids is 1. The van der Waals surface area contributed by atoms with Crippen LogP contribution in [0.4, 0.5) is 0 Å². The van der Waals surface area contributed by atoms with Gasteiger partial charge in [-0.25, -0.2) is 4.79 Å². The Hall–Kier alpha value is -2.11. The number of carboxylic acid groups (broad SMARTS) is 1. The Morgan fingerprint density at radius 2 is 2.00 bits per heavy atom. The predicted molar refractivity (Wildman–Crippen MR) is 60.3 cm³/mol. The van der Waals surface area contributed by atoms with E-state index >= 15 is 0 Å². The number of rotatable bonds is 2. The van der Waals surface area contributed by atoms with Gasteiger partial charge in [0.15, 0.2) is 0 Å². The summed E-state index contributed by atoms with van der Waals surface area (Å²) in [6, 6.07) is 8.10. The second kappa shape index (κ2) is 5.11. The number of aromatic carboxylic acids is 1. The van der Waals surface area contributed by atoms with Gasteiger partial charge in [0, 0.05) is 4.47 Å². The fourth-order valence-corrected chi connectivity index (χ4v) is 1.68. The molecular weight excluding hydrogens is 272 g/mol. The molecule has 1 aromatic carbocycles. The highest BCUT2D eigenvalue weighted by Gasteiger charge is 2.12. The number of nitriles is 2. The van der Waals surface area contributed by atoms with Gasteiger partial charge in [0.2, 0.25) is 0 Å². The third-order valence-electron chi connectivity index (χ3n) is 1.80. The van der Waals surface area contributed by atoms with Gasteiger partial charge in [0.25, 0.3) is 0 Å². The van der Waals surface area contributed by atoms with Crippen molar-refractivity contribution < 1.29 is 9.90 Å². The van der Waals surface area contributed by atoms with Crippen molar-refractivity contribution in [1.29, 1.82) is 10.5 Å². The van der Waals surface area contributed by atoms with Crippen LogP contribution in [0.5, 0.6) is 0 Å². The molecule has 0 heterocycles. The van der Waals surface area contributed by atoms with Crippen LogP contribution in [0.2, 0.25) is 0 Å². The minimum absolute atomic E-state index is 0.0329. The highest BCUT2D eigenvalue weighted by molar-refractivity contribution is 9.10. The second-order valence-corrected chi connectivity index (χ2v) is 3.65. The van der Waals surface area contributed by atoms with E-state index in [4.69, 9.17) is 15.6 Å². The largest absolute Gasteiger partial charge is 0.478 e. The van der Waals surface area contributed by atoms with E-state index in [1.807, 2.05) is 0 Å². The molecule has 1 N–H and O–H groups in total. The standard InChI is InChI=1S/C11H5BrN2O2/c12-9-3-1-2-8(10(9)11(15)16)4-7(5-13)6-14/h1-4H,(H,15,16). The van der Waals surface area contributed by atoms with Crippen molar-refractivity contribution in [2.24, 2.45) is 0 Å². The van der Waals surface area contributed by atoms with E-state index in [1.54, 1.807) is 24.3 Å². The first-order chi connectivity index (χ1) is 7.60. The zero-order valence-electron chi connectivity index (χ0n) is 7.94. The Kier molecular flexibility index (Phi) is 3.82. The number of hydrogen-bond acceptors (Lipinski definition) is 3. The molecular formula is C11H5BrN2O2. The fourth-order valence-electron chi connectivity index (χ4n) is 1.13. The van der Waals surface area contributed by atoms with Crippen molar-refractivity contribution in [2.75, 3.05) is 0 Å². The lowest BCUT2D eigenvalue weighted by Crippen LogP contribution is -2.01. The highest BCUT2D eigenvalue weighted by Crippen LogP contribution is 2.22. The number of carbonyl (C=O) groups is 1. The van der Waals surface area contributed by atoms with E-state index in [0.717, 1.165) is 0 Å². The Labute approximate surface area is 100 Å². The average molecular weight is 277 g/mol. The average Bonchev–Trinajstić information content (AvgIpc) is 2.25. The van der Waals surface area contributed by atoms with Crippen molar-refractivity contribution >= 4 is 28.0 Å². The first kappa shape index (κ1) is 12.0. The number of allylic oxidation sites excluding steroid dienone is 1. The quantitative estimate of drug-likeness (QED) is 0.842. The Balaban J connectivity index is 3.43. The minimum Gasteiger partial charge on any atom is -0.478 e. The third-order valence-corrected chi connectivity index (χ3v) is 2.46. The van der Waals surface area contributed by atoms with E-state index in [-0.39, 0.29) is 11.1 Å². The highest BCUT2D eigenvalue weighted by atomic mass is 79.9. The van der Waals surface area contributed by atoms with Crippen LogP contribution < -0.4 is 0 Å². The summed E-state index contributed by atoms with van der Waals surface area (Å²) in [6.07, 6.45) is 1.24. The van der Waals surface area contributed by atoms with Crippen molar-refractivity contribution in [2.45, 2.75) is 0 Å². The van der Waals surface area contributed by atoms with Crippen molar-refractivity contribution in [3.8, 4) is 12.1 Å². The van der Waals surface area contributed by atoms with Crippen LogP contribution in [0.15, 0.2) is 28.2 Å². The molecule has 0 amide bonds. The third kappa shape index (κ3) is 2.47. The van der Waals surface area contributed by atoms with Gasteiger partial charge >= 0.3 is 5.97 Å². The molecule has 0 aliphatic rings. The molecule has 4 nitrogen and oxygen atoms in total. The zero-order chi connectivity index (χ0) is 12.1. The van der Waals surface area contributed by atoms with Crippen LogP contribution in [0, 0.1) is 22.7 Å². The molecule has 0 bridgehead atoms. The summed E-state index contributed by atoms with van der Waals surface area (Å²) in [6.45, 7) is 0. The minimum atomic E-state index is -1.12. The monoisotopic (exact) mass is 276 g/mol. The zero-order valence-corrected chi connectivity index (χ0v) is 9.52. The summed E-state index contributed by atoms with van der Waals surface area (Å²) in [5.41, 5.74) is 0.214. The van der Waals surface area contributed by atoms with Crippen LogP contribution >= 0.6 is 15.9 Å². The van der Waals surface area contributed by atoms with Crippen molar-refractivity contribution in [3.63, 3.8) is 0 Å². The van der Waals surface area contributed by atoms with Crippen molar-refractivity contribution in [1.82, 2.24) is 0 Å². The van der Waals surface area contributed by atoms with Crippen molar-refractivity contribution in [3.05, 3.63) is 39.4 Å². The van der Waals surface area contributed by atoms with Gasteiger partial charge in [-0.1, -0.05) is 12.1 Å². The van der Waals surface area contributed by atoms with Gasteiger partial charge in [0.05, 0.1) is 5.56 Å². The molecule has 1 rings (SSSR count). The summed E-state index contributed by atoms with van der Waals surface area (Å²) in [5, 5.41) is 26.2. The smallest absolute Gasteiger partial charge is 0.337 e. The normalized spacial score (nSPS) is 8.69. The molecule has 0 saturated carbocycles. The molecule has 0 unspecified atom stereocenters. The van der Waals surface area contributed by atoms with Gasteiger partial charge in [0.1, 0.15) is 17.7 Å². The van der Waals surface area contributed by atoms with Crippen LogP contribution in [0.25, 0.3) is 6.08 Å². The summed E-state index contributed by atoms with van der Waals surface area (Å²) < 4.78 is 0.406. The molecule has 0 aromatic heterocycles. The first-order valence-corrected chi connectivity index (χ1v) is 4.93. The maximum atomic E-state index is 11.0. The lowest BCUT2D eigenvalue weighted by molar-refractivity contribution is 0.0695. The lowest BCUT2D eigenvalue weighted by Gasteiger charge is -2.02. The number of benzene rings is 1. The van der Waals surface area contributed by atoms with Crippen LogP contribution in [-0.4, -0.2) is 11.1 Å². The lowest BCUT2D eigenvalue weighted by atomic mass is 10.1. The maximum absolute atomic E-state index is 11.0. The van der Waals surface area contributed by atoms with E-state index in [9.17, 15) is 4.79 Å². The number of nitrogens with zero attached hydrogens (tertiary/aromatic N) is 2. The van der Waals surface area contributed by atoms with E-state index in [2.05, 4.69) is 15.9 Å². The molecule has 0 atom stereocenters. The fraction of sp³-hybridized carbons (Fsp3) is 0. The Morgan fingerprint density at radius 1 is 1.38 bits per heavy atom. The van der Waals surface area contributed by atoms with Gasteiger partial charge < -0.3 is 5.11 Å². The summed E-state index contributed by atoms with van der Waals surface area (Å²) >= 11 is 3.11. The molecule has 78 valence electrons. The van der Waals surface area contributed by atoms with Crippen LogP contribution in [0.3, 0.4) is 0 Å². The molecule has 0 fully saturated rings. The van der Waals surface area contributed by atoms with Crippen LogP contribution in [0.1, 0.15) is 15.9 Å². The van der Waals surface area contributed by atoms with E-state index in [0.29, 0.717) is 10.0 Å². The van der Waals surface area contributed by atoms with Gasteiger partial charge in [-0.2, -0.15) is 10.5 Å². The summed E-state index contributed by atoms with van der Waals surface area (Å²) in [4.78, 5) is 11.0. The molecule has 1 aromatic rings. The predicted octanol–water partition coefficient (Wildman–Crippen LogP) is 2.58. The van der Waals surface area contributed by atoms with Gasteiger partial charge in [-0.15, -0.1) is 0 Å². The van der Waals surface area contributed by atoms with Gasteiger partial charge in [-0.05, 0) is 33.6 Å². The topological polar surface area (TPSA) is 84.9 Å². The molecule has 16 heavy (non-hydrogen) atoms. The molecule has 0 spiro atoms. The van der Waals surface area contributed by atoms with Crippen LogP contribution in [-0.2, 0) is 0 Å². The molecule has 0 saturated heterocycles. The Bertz CT molecular complexity index is 534. The molecule has 0 radical (unpaired) electrons. The molecule has 0 aliphatic heterocycles. The second-order valence-electron chi connectivity index (χ2n) is 2.79. The summed E-state index contributed by atoms with van der Waals surface area (Å²) in [7, 11) is 0. The number of hydrogen-bond donors (Lipinski definition) is 1. The first-order valence-electron chi connectivity index (χ1n) is 4.14. The molecule has 0 aliphatic carbocycles. The maximum Gasteiger partial charge on any atom is 0.337 e. The van der Waals surface area contributed by atoms with E-state index in [1.165, 1.54) is 12.1 Å². The number of halogens is 1. The summed E-state index contributed by atoms with van der Waals surface area (Å²) in [5.74, 6) is -1.12. The van der Waals surface area contributed by atoms with E-state index < -0.39 is 5.97 Å². The SMILES string of the molecule is N#CC(C#N)=Cc1cccc(Br)c1C(=O)O. The Morgan fingerprint density at radius 3 is 2.50 bits per heavy atom.